The SMILES string of the molecule is S=c1[nH]ncn1N=Cc1ccc(COc2ccc(Br)cc2Cl)o1. The van der Waals surface area contributed by atoms with E-state index >= 15 is 0 Å². The van der Waals surface area contributed by atoms with E-state index in [0.29, 0.717) is 27.1 Å². The van der Waals surface area contributed by atoms with Gasteiger partial charge in [-0.15, -0.1) is 0 Å². The highest BCUT2D eigenvalue weighted by atomic mass is 79.9. The number of aromatic nitrogens is 3. The van der Waals surface area contributed by atoms with E-state index in [1.165, 1.54) is 11.0 Å². The van der Waals surface area contributed by atoms with Gasteiger partial charge >= 0.3 is 0 Å². The zero-order valence-corrected chi connectivity index (χ0v) is 14.7. The van der Waals surface area contributed by atoms with Gasteiger partial charge in [-0.1, -0.05) is 27.5 Å². The molecule has 0 spiro atoms. The smallest absolute Gasteiger partial charge is 0.216 e. The van der Waals surface area contributed by atoms with Crippen molar-refractivity contribution in [2.75, 3.05) is 0 Å². The molecule has 0 aliphatic rings. The van der Waals surface area contributed by atoms with Gasteiger partial charge < -0.3 is 9.15 Å². The number of H-pyrrole nitrogens is 1. The molecule has 23 heavy (non-hydrogen) atoms. The van der Waals surface area contributed by atoms with E-state index in [4.69, 9.17) is 33.0 Å². The first kappa shape index (κ1) is 16.0. The highest BCUT2D eigenvalue weighted by molar-refractivity contribution is 9.10. The van der Waals surface area contributed by atoms with Gasteiger partial charge in [-0.3, -0.25) is 5.10 Å². The van der Waals surface area contributed by atoms with Crippen molar-refractivity contribution in [2.24, 2.45) is 5.10 Å². The molecule has 1 aromatic carbocycles. The summed E-state index contributed by atoms with van der Waals surface area (Å²) in [4.78, 5) is 0. The molecular formula is C14H10BrClN4O2S. The molecule has 6 nitrogen and oxygen atoms in total. The molecule has 0 radical (unpaired) electrons. The van der Waals surface area contributed by atoms with Crippen LogP contribution < -0.4 is 4.74 Å². The van der Waals surface area contributed by atoms with Crippen LogP contribution in [0.15, 0.2) is 50.7 Å². The van der Waals surface area contributed by atoms with Crippen molar-refractivity contribution < 1.29 is 9.15 Å². The van der Waals surface area contributed by atoms with Crippen molar-refractivity contribution in [1.29, 1.82) is 0 Å². The lowest BCUT2D eigenvalue weighted by Gasteiger charge is -2.06. The van der Waals surface area contributed by atoms with Gasteiger partial charge in [0.05, 0.1) is 11.2 Å². The number of nitrogens with one attached hydrogen (secondary N) is 1. The van der Waals surface area contributed by atoms with E-state index in [9.17, 15) is 0 Å². The van der Waals surface area contributed by atoms with Gasteiger partial charge in [0.25, 0.3) is 0 Å². The Morgan fingerprint density at radius 3 is 3.04 bits per heavy atom. The lowest BCUT2D eigenvalue weighted by molar-refractivity contribution is 0.270. The van der Waals surface area contributed by atoms with E-state index in [2.05, 4.69) is 31.2 Å². The first-order valence-corrected chi connectivity index (χ1v) is 8.03. The van der Waals surface area contributed by atoms with Gasteiger partial charge in [0.2, 0.25) is 4.77 Å². The zero-order chi connectivity index (χ0) is 16.2. The molecule has 2 aromatic heterocycles. The highest BCUT2D eigenvalue weighted by Gasteiger charge is 2.05. The molecule has 0 fully saturated rings. The molecule has 9 heteroatoms. The summed E-state index contributed by atoms with van der Waals surface area (Å²) in [5.41, 5.74) is 0. The number of ether oxygens (including phenoxy) is 1. The van der Waals surface area contributed by atoms with Crippen LogP contribution in [0.3, 0.4) is 0 Å². The summed E-state index contributed by atoms with van der Waals surface area (Å²) in [7, 11) is 0. The normalized spacial score (nSPS) is 11.2. The minimum absolute atomic E-state index is 0.264. The molecule has 0 aliphatic heterocycles. The van der Waals surface area contributed by atoms with Crippen LogP contribution in [-0.2, 0) is 6.61 Å². The molecule has 0 saturated carbocycles. The Hall–Kier alpha value is -1.90. The van der Waals surface area contributed by atoms with Gasteiger partial charge in [-0.2, -0.15) is 14.9 Å². The summed E-state index contributed by atoms with van der Waals surface area (Å²) in [6.45, 7) is 0.264. The summed E-state index contributed by atoms with van der Waals surface area (Å²) < 4.78 is 14.0. The largest absolute Gasteiger partial charge is 0.484 e. The number of hydrogen-bond donors (Lipinski definition) is 1. The van der Waals surface area contributed by atoms with E-state index in [1.54, 1.807) is 24.4 Å². The van der Waals surface area contributed by atoms with Gasteiger partial charge in [0.1, 0.15) is 30.2 Å². The van der Waals surface area contributed by atoms with Gasteiger partial charge in [-0.25, -0.2) is 0 Å². The number of aromatic amines is 1. The molecule has 0 saturated heterocycles. The molecule has 118 valence electrons. The summed E-state index contributed by atoms with van der Waals surface area (Å²) in [6.07, 6.45) is 3.02. The summed E-state index contributed by atoms with van der Waals surface area (Å²) in [5.74, 6) is 1.82. The monoisotopic (exact) mass is 412 g/mol. The maximum atomic E-state index is 6.09. The molecule has 0 atom stereocenters. The van der Waals surface area contributed by atoms with Crippen LogP contribution in [0, 0.1) is 4.77 Å². The molecule has 0 aliphatic carbocycles. The average molecular weight is 414 g/mol. The van der Waals surface area contributed by atoms with Crippen molar-refractivity contribution in [1.82, 2.24) is 14.9 Å². The molecule has 0 amide bonds. The Morgan fingerprint density at radius 1 is 1.43 bits per heavy atom. The highest BCUT2D eigenvalue weighted by Crippen LogP contribution is 2.28. The topological polar surface area (TPSA) is 68.3 Å². The Balaban J connectivity index is 1.64. The van der Waals surface area contributed by atoms with Crippen molar-refractivity contribution in [3.05, 3.63) is 62.4 Å². The minimum atomic E-state index is 0.264. The van der Waals surface area contributed by atoms with Crippen LogP contribution in [0.1, 0.15) is 11.5 Å². The Morgan fingerprint density at radius 2 is 2.30 bits per heavy atom. The minimum Gasteiger partial charge on any atom is -0.484 e. The van der Waals surface area contributed by atoms with E-state index in [1.807, 2.05) is 12.1 Å². The zero-order valence-electron chi connectivity index (χ0n) is 11.6. The molecule has 0 unspecified atom stereocenters. The summed E-state index contributed by atoms with van der Waals surface area (Å²) in [5, 5.41) is 11.0. The molecule has 2 heterocycles. The number of benzene rings is 1. The Bertz CT molecular complexity index is 902. The second-order valence-electron chi connectivity index (χ2n) is 4.42. The maximum absolute atomic E-state index is 6.09. The van der Waals surface area contributed by atoms with Crippen molar-refractivity contribution >= 4 is 46.0 Å². The second-order valence-corrected chi connectivity index (χ2v) is 6.13. The maximum Gasteiger partial charge on any atom is 0.216 e. The predicted molar refractivity (Wildman–Crippen MR) is 92.6 cm³/mol. The van der Waals surface area contributed by atoms with Crippen molar-refractivity contribution in [3.63, 3.8) is 0 Å². The van der Waals surface area contributed by atoms with Crippen molar-refractivity contribution in [2.45, 2.75) is 6.61 Å². The third kappa shape index (κ3) is 4.10. The summed E-state index contributed by atoms with van der Waals surface area (Å²) >= 11 is 14.4. The summed E-state index contributed by atoms with van der Waals surface area (Å²) in [6, 6.07) is 9.01. The van der Waals surface area contributed by atoms with Crippen LogP contribution in [0.2, 0.25) is 5.02 Å². The van der Waals surface area contributed by atoms with E-state index in [-0.39, 0.29) is 6.61 Å². The van der Waals surface area contributed by atoms with Crippen LogP contribution in [-0.4, -0.2) is 21.1 Å². The molecule has 0 bridgehead atoms. The lowest BCUT2D eigenvalue weighted by Crippen LogP contribution is -1.94. The lowest BCUT2D eigenvalue weighted by atomic mass is 10.3. The van der Waals surface area contributed by atoms with Crippen LogP contribution in [0.5, 0.6) is 5.75 Å². The van der Waals surface area contributed by atoms with Crippen LogP contribution in [0.25, 0.3) is 0 Å². The van der Waals surface area contributed by atoms with Gasteiger partial charge in [-0.05, 0) is 42.5 Å². The van der Waals surface area contributed by atoms with E-state index < -0.39 is 0 Å². The second kappa shape index (κ2) is 7.12. The van der Waals surface area contributed by atoms with Crippen LogP contribution in [0.4, 0.5) is 0 Å². The number of rotatable bonds is 5. The fourth-order valence-electron chi connectivity index (χ4n) is 1.73. The molecule has 3 rings (SSSR count). The van der Waals surface area contributed by atoms with Crippen molar-refractivity contribution in [3.8, 4) is 5.75 Å². The van der Waals surface area contributed by atoms with E-state index in [0.717, 1.165) is 4.47 Å². The van der Waals surface area contributed by atoms with Crippen LogP contribution >= 0.6 is 39.7 Å². The molecular weight excluding hydrogens is 404 g/mol. The molecule has 3 aromatic rings. The number of furan rings is 1. The number of nitrogens with zero attached hydrogens (tertiary/aromatic N) is 3. The third-order valence-electron chi connectivity index (χ3n) is 2.79. The number of hydrogen-bond acceptors (Lipinski definition) is 5. The third-order valence-corrected chi connectivity index (χ3v) is 3.86. The fraction of sp³-hybridized carbons (Fsp3) is 0.0714. The predicted octanol–water partition coefficient (Wildman–Crippen LogP) is 4.41. The van der Waals surface area contributed by atoms with Gasteiger partial charge in [0.15, 0.2) is 0 Å². The standard InChI is InChI=1S/C14H10BrClN4O2S/c15-9-1-4-13(12(16)5-9)21-7-11-3-2-10(22-11)6-18-20-8-17-19-14(20)23/h1-6,8H,7H2,(H,19,23). The molecule has 1 N–H and O–H groups in total. The fourth-order valence-corrected chi connectivity index (χ4v) is 2.60. The Labute approximate surface area is 149 Å². The van der Waals surface area contributed by atoms with Gasteiger partial charge in [0, 0.05) is 4.47 Å². The first-order chi connectivity index (χ1) is 11.1. The Kier molecular flexibility index (Phi) is 4.94. The average Bonchev–Trinajstić information content (AvgIpc) is 3.13. The quantitative estimate of drug-likeness (QED) is 0.497. The number of halogens is 2. The first-order valence-electron chi connectivity index (χ1n) is 6.45.